The lowest BCUT2D eigenvalue weighted by molar-refractivity contribution is 0.0664. The molecule has 5 nitrogen and oxygen atoms in total. The van der Waals surface area contributed by atoms with Gasteiger partial charge in [0.25, 0.3) is 11.8 Å². The van der Waals surface area contributed by atoms with Crippen LogP contribution < -0.4 is 5.32 Å². The van der Waals surface area contributed by atoms with Crippen LogP contribution in [0.2, 0.25) is 0 Å². The van der Waals surface area contributed by atoms with E-state index in [9.17, 15) is 9.59 Å². The van der Waals surface area contributed by atoms with Crippen molar-refractivity contribution in [3.8, 4) is 0 Å². The highest BCUT2D eigenvalue weighted by molar-refractivity contribution is 6.05. The number of para-hydroxylation sites is 1. The largest absolute Gasteiger partial charge is 0.336 e. The third-order valence-corrected chi connectivity index (χ3v) is 5.02. The zero-order valence-corrected chi connectivity index (χ0v) is 16.2. The molecule has 1 aliphatic rings. The predicted molar refractivity (Wildman–Crippen MR) is 108 cm³/mol. The second kappa shape index (κ2) is 8.35. The number of carbonyl (C=O) groups is 2. The number of carbonyl (C=O) groups excluding carboxylic acids is 2. The minimum atomic E-state index is -0.165. The molecule has 0 unspecified atom stereocenters. The van der Waals surface area contributed by atoms with Gasteiger partial charge in [-0.25, -0.2) is 0 Å². The number of amides is 2. The molecule has 142 valence electrons. The summed E-state index contributed by atoms with van der Waals surface area (Å²) in [6.07, 6.45) is 0. The molecule has 2 aromatic rings. The summed E-state index contributed by atoms with van der Waals surface area (Å²) in [5, 5.41) is 2.99. The number of anilines is 1. The molecule has 2 amide bonds. The fourth-order valence-corrected chi connectivity index (χ4v) is 3.27. The number of benzene rings is 2. The van der Waals surface area contributed by atoms with Crippen molar-refractivity contribution in [2.24, 2.45) is 0 Å². The number of hydrogen-bond donors (Lipinski definition) is 1. The highest BCUT2D eigenvalue weighted by Gasteiger charge is 2.20. The van der Waals surface area contributed by atoms with Crippen LogP contribution in [0.5, 0.6) is 0 Å². The van der Waals surface area contributed by atoms with Gasteiger partial charge in [-0.1, -0.05) is 32.0 Å². The molecule has 3 rings (SSSR count). The Morgan fingerprint density at radius 1 is 0.889 bits per heavy atom. The van der Waals surface area contributed by atoms with Crippen molar-refractivity contribution >= 4 is 17.5 Å². The van der Waals surface area contributed by atoms with E-state index >= 15 is 0 Å². The zero-order valence-electron chi connectivity index (χ0n) is 16.2. The van der Waals surface area contributed by atoms with Crippen molar-refractivity contribution < 1.29 is 9.59 Å². The summed E-state index contributed by atoms with van der Waals surface area (Å²) in [6.45, 7) is 7.46. The highest BCUT2D eigenvalue weighted by Crippen LogP contribution is 2.24. The van der Waals surface area contributed by atoms with Crippen LogP contribution >= 0.6 is 0 Å². The van der Waals surface area contributed by atoms with Crippen molar-refractivity contribution in [3.63, 3.8) is 0 Å². The molecule has 0 aliphatic carbocycles. The van der Waals surface area contributed by atoms with Crippen LogP contribution in [-0.2, 0) is 0 Å². The summed E-state index contributed by atoms with van der Waals surface area (Å²) in [5.41, 5.74) is 3.10. The molecule has 0 aromatic heterocycles. The Balaban J connectivity index is 1.68. The van der Waals surface area contributed by atoms with E-state index in [2.05, 4.69) is 31.1 Å². The summed E-state index contributed by atoms with van der Waals surface area (Å²) >= 11 is 0. The van der Waals surface area contributed by atoms with Crippen LogP contribution in [0.15, 0.2) is 48.5 Å². The average Bonchev–Trinajstić information content (AvgIpc) is 2.68. The number of nitrogens with zero attached hydrogens (tertiary/aromatic N) is 2. The third-order valence-electron chi connectivity index (χ3n) is 5.02. The molecule has 1 aliphatic heterocycles. The van der Waals surface area contributed by atoms with Gasteiger partial charge in [0.15, 0.2) is 0 Å². The van der Waals surface area contributed by atoms with Crippen LogP contribution in [0, 0.1) is 0 Å². The lowest BCUT2D eigenvalue weighted by atomic mass is 10.0. The van der Waals surface area contributed by atoms with E-state index < -0.39 is 0 Å². The molecule has 0 bridgehead atoms. The minimum Gasteiger partial charge on any atom is -0.336 e. The number of rotatable bonds is 4. The molecular weight excluding hydrogens is 338 g/mol. The SMILES string of the molecule is CC(C)c1ccccc1NC(=O)c1ccc(C(=O)N2CCN(C)CC2)cc1. The van der Waals surface area contributed by atoms with Gasteiger partial charge in [0.1, 0.15) is 0 Å². The fourth-order valence-electron chi connectivity index (χ4n) is 3.27. The van der Waals surface area contributed by atoms with E-state index in [0.717, 1.165) is 37.4 Å². The Hall–Kier alpha value is -2.66. The highest BCUT2D eigenvalue weighted by atomic mass is 16.2. The van der Waals surface area contributed by atoms with Gasteiger partial charge >= 0.3 is 0 Å². The number of nitrogens with one attached hydrogen (secondary N) is 1. The van der Waals surface area contributed by atoms with Gasteiger partial charge in [0, 0.05) is 43.0 Å². The standard InChI is InChI=1S/C22H27N3O2/c1-16(2)19-6-4-5-7-20(19)23-21(26)17-8-10-18(11-9-17)22(27)25-14-12-24(3)13-15-25/h4-11,16H,12-15H2,1-3H3,(H,23,26). The first-order valence-electron chi connectivity index (χ1n) is 9.44. The molecule has 1 heterocycles. The third kappa shape index (κ3) is 4.55. The normalized spacial score (nSPS) is 15.0. The van der Waals surface area contributed by atoms with E-state index in [4.69, 9.17) is 0 Å². The summed E-state index contributed by atoms with van der Waals surface area (Å²) in [6, 6.07) is 14.8. The van der Waals surface area contributed by atoms with E-state index in [1.807, 2.05) is 29.2 Å². The summed E-state index contributed by atoms with van der Waals surface area (Å²) in [4.78, 5) is 29.3. The Labute approximate surface area is 161 Å². The maximum absolute atomic E-state index is 12.6. The Morgan fingerprint density at radius 2 is 1.48 bits per heavy atom. The number of hydrogen-bond acceptors (Lipinski definition) is 3. The Kier molecular flexibility index (Phi) is 5.91. The molecule has 1 fully saturated rings. The molecule has 0 spiro atoms. The Bertz CT molecular complexity index is 807. The van der Waals surface area contributed by atoms with Crippen molar-refractivity contribution in [3.05, 3.63) is 65.2 Å². The summed E-state index contributed by atoms with van der Waals surface area (Å²) in [5.74, 6) is 0.187. The average molecular weight is 365 g/mol. The smallest absolute Gasteiger partial charge is 0.255 e. The molecule has 5 heteroatoms. The second-order valence-corrected chi connectivity index (χ2v) is 7.37. The van der Waals surface area contributed by atoms with Gasteiger partial charge in [0.05, 0.1) is 0 Å². The molecule has 0 atom stereocenters. The van der Waals surface area contributed by atoms with Gasteiger partial charge in [-0.05, 0) is 48.9 Å². The number of likely N-dealkylation sites (N-methyl/N-ethyl adjacent to an activating group) is 1. The lowest BCUT2D eigenvalue weighted by Gasteiger charge is -2.32. The van der Waals surface area contributed by atoms with Gasteiger partial charge in [0.2, 0.25) is 0 Å². The maximum Gasteiger partial charge on any atom is 0.255 e. The van der Waals surface area contributed by atoms with Gasteiger partial charge in [-0.2, -0.15) is 0 Å². The van der Waals surface area contributed by atoms with Crippen molar-refractivity contribution in [2.75, 3.05) is 38.5 Å². The van der Waals surface area contributed by atoms with Crippen molar-refractivity contribution in [1.82, 2.24) is 9.80 Å². The predicted octanol–water partition coefficient (Wildman–Crippen LogP) is 3.45. The van der Waals surface area contributed by atoms with Crippen LogP contribution in [0.4, 0.5) is 5.69 Å². The first-order valence-corrected chi connectivity index (χ1v) is 9.44. The molecule has 0 radical (unpaired) electrons. The molecular formula is C22H27N3O2. The minimum absolute atomic E-state index is 0.0280. The molecule has 1 N–H and O–H groups in total. The summed E-state index contributed by atoms with van der Waals surface area (Å²) < 4.78 is 0. The molecule has 27 heavy (non-hydrogen) atoms. The van der Waals surface area contributed by atoms with Gasteiger partial charge in [-0.3, -0.25) is 9.59 Å². The monoisotopic (exact) mass is 365 g/mol. The van der Waals surface area contributed by atoms with Crippen LogP contribution in [0.25, 0.3) is 0 Å². The second-order valence-electron chi connectivity index (χ2n) is 7.37. The molecule has 0 saturated carbocycles. The van der Waals surface area contributed by atoms with Gasteiger partial charge < -0.3 is 15.1 Å². The first-order chi connectivity index (χ1) is 13.0. The van der Waals surface area contributed by atoms with E-state index in [1.165, 1.54) is 0 Å². The lowest BCUT2D eigenvalue weighted by Crippen LogP contribution is -2.47. The topological polar surface area (TPSA) is 52.7 Å². The van der Waals surface area contributed by atoms with Crippen LogP contribution in [0.1, 0.15) is 46.0 Å². The fraction of sp³-hybridized carbons (Fsp3) is 0.364. The van der Waals surface area contributed by atoms with Crippen molar-refractivity contribution in [1.29, 1.82) is 0 Å². The maximum atomic E-state index is 12.6. The Morgan fingerprint density at radius 3 is 2.11 bits per heavy atom. The van der Waals surface area contributed by atoms with E-state index in [-0.39, 0.29) is 11.8 Å². The first kappa shape index (κ1) is 19.1. The zero-order chi connectivity index (χ0) is 19.4. The van der Waals surface area contributed by atoms with E-state index in [0.29, 0.717) is 17.0 Å². The van der Waals surface area contributed by atoms with Crippen LogP contribution in [-0.4, -0.2) is 54.8 Å². The number of piperazine rings is 1. The molecule has 1 saturated heterocycles. The quantitative estimate of drug-likeness (QED) is 0.903. The van der Waals surface area contributed by atoms with Crippen LogP contribution in [0.3, 0.4) is 0 Å². The molecule has 2 aromatic carbocycles. The van der Waals surface area contributed by atoms with E-state index in [1.54, 1.807) is 24.3 Å². The van der Waals surface area contributed by atoms with Gasteiger partial charge in [-0.15, -0.1) is 0 Å². The summed E-state index contributed by atoms with van der Waals surface area (Å²) in [7, 11) is 2.06. The van der Waals surface area contributed by atoms with Crippen molar-refractivity contribution in [2.45, 2.75) is 19.8 Å².